The Morgan fingerprint density at radius 2 is 1.25 bits per heavy atom. The van der Waals surface area contributed by atoms with E-state index in [0.717, 1.165) is 34.3 Å². The zero-order valence-electron chi connectivity index (χ0n) is 28.7. The van der Waals surface area contributed by atoms with Crippen LogP contribution in [0.1, 0.15) is 94.9 Å². The van der Waals surface area contributed by atoms with Crippen molar-refractivity contribution < 1.29 is 20.1 Å². The number of ether oxygens (including phenoxy) is 1. The molecule has 0 aromatic heterocycles. The molecule has 0 aromatic carbocycles. The molecule has 0 saturated heterocycles. The summed E-state index contributed by atoms with van der Waals surface area (Å²) < 4.78 is 6.46. The van der Waals surface area contributed by atoms with Crippen LogP contribution >= 0.6 is 0 Å². The monoisotopic (exact) mass is 600 g/mol. The molecule has 2 saturated carbocycles. The quantitative estimate of drug-likeness (QED) is 0.148. The van der Waals surface area contributed by atoms with Crippen LogP contribution in [-0.2, 0) is 4.74 Å². The van der Waals surface area contributed by atoms with Gasteiger partial charge in [-0.1, -0.05) is 99.6 Å². The van der Waals surface area contributed by atoms with Crippen LogP contribution in [0.2, 0.25) is 0 Å². The third kappa shape index (κ3) is 9.39. The van der Waals surface area contributed by atoms with Crippen molar-refractivity contribution in [3.05, 3.63) is 112 Å². The van der Waals surface area contributed by atoms with Gasteiger partial charge in [0.2, 0.25) is 0 Å². The van der Waals surface area contributed by atoms with Crippen LogP contribution in [0.3, 0.4) is 0 Å². The van der Waals surface area contributed by atoms with Gasteiger partial charge in [0.15, 0.2) is 0 Å². The van der Waals surface area contributed by atoms with Crippen molar-refractivity contribution in [1.29, 1.82) is 0 Å². The summed E-state index contributed by atoms with van der Waals surface area (Å²) in [6.45, 7) is 20.7. The average molecular weight is 601 g/mol. The molecule has 5 unspecified atom stereocenters. The second-order valence-electron chi connectivity index (χ2n) is 14.9. The molecule has 44 heavy (non-hydrogen) atoms. The summed E-state index contributed by atoms with van der Waals surface area (Å²) in [5.74, 6) is 0. The van der Waals surface area contributed by atoms with E-state index in [1.54, 1.807) is 6.92 Å². The minimum absolute atomic E-state index is 0.0566. The molecule has 1 aliphatic heterocycles. The number of rotatable bonds is 8. The largest absolute Gasteiger partial charge is 0.393 e. The predicted molar refractivity (Wildman–Crippen MR) is 184 cm³/mol. The second-order valence-corrected chi connectivity index (χ2v) is 14.9. The molecule has 2 aliphatic carbocycles. The first-order chi connectivity index (χ1) is 20.3. The van der Waals surface area contributed by atoms with Gasteiger partial charge < -0.3 is 20.1 Å². The first-order valence-electron chi connectivity index (χ1n) is 16.0. The lowest BCUT2D eigenvalue weighted by atomic mass is 9.65. The number of aliphatic hydroxyl groups excluding tert-OH is 2. The van der Waals surface area contributed by atoms with Crippen molar-refractivity contribution >= 4 is 0 Å². The van der Waals surface area contributed by atoms with E-state index in [9.17, 15) is 15.3 Å². The molecule has 4 heteroatoms. The van der Waals surface area contributed by atoms with Gasteiger partial charge in [0.25, 0.3) is 0 Å². The number of hydrogen-bond donors (Lipinski definition) is 3. The minimum Gasteiger partial charge on any atom is -0.393 e. The topological polar surface area (TPSA) is 69.9 Å². The molecular weight excluding hydrogens is 544 g/mol. The molecule has 1 heterocycles. The van der Waals surface area contributed by atoms with E-state index >= 15 is 0 Å². The van der Waals surface area contributed by atoms with Crippen LogP contribution in [0.15, 0.2) is 112 Å². The Bertz CT molecular complexity index is 1360. The van der Waals surface area contributed by atoms with Crippen molar-refractivity contribution in [1.82, 2.24) is 0 Å². The summed E-state index contributed by atoms with van der Waals surface area (Å²) >= 11 is 0. The van der Waals surface area contributed by atoms with Gasteiger partial charge in [-0.25, -0.2) is 0 Å². The maximum atomic E-state index is 10.9. The van der Waals surface area contributed by atoms with Gasteiger partial charge in [-0.15, -0.1) is 5.73 Å². The van der Waals surface area contributed by atoms with Crippen LogP contribution in [0, 0.1) is 10.8 Å². The fourth-order valence-corrected chi connectivity index (χ4v) is 7.21. The van der Waals surface area contributed by atoms with Gasteiger partial charge in [0.1, 0.15) is 0 Å². The molecule has 0 spiro atoms. The van der Waals surface area contributed by atoms with E-state index < -0.39 is 17.3 Å². The van der Waals surface area contributed by atoms with Crippen molar-refractivity contribution in [2.45, 2.75) is 124 Å². The summed E-state index contributed by atoms with van der Waals surface area (Å²) in [6, 6.07) is 0. The van der Waals surface area contributed by atoms with Crippen molar-refractivity contribution in [3.63, 3.8) is 0 Å². The highest BCUT2D eigenvalue weighted by Crippen LogP contribution is 2.52. The third-order valence-corrected chi connectivity index (χ3v) is 9.13. The molecular formula is C40H56O4. The van der Waals surface area contributed by atoms with Crippen molar-refractivity contribution in [3.8, 4) is 0 Å². The maximum absolute atomic E-state index is 10.9. The summed E-state index contributed by atoms with van der Waals surface area (Å²) in [7, 11) is 0. The lowest BCUT2D eigenvalue weighted by Gasteiger charge is -2.44. The zero-order chi connectivity index (χ0) is 32.9. The van der Waals surface area contributed by atoms with E-state index in [1.807, 2.05) is 37.3 Å². The molecule has 0 bridgehead atoms. The van der Waals surface area contributed by atoms with Crippen LogP contribution in [0.4, 0.5) is 0 Å². The highest BCUT2D eigenvalue weighted by Gasteiger charge is 2.50. The molecule has 0 amide bonds. The van der Waals surface area contributed by atoms with E-state index in [4.69, 9.17) is 4.74 Å². The first kappa shape index (κ1) is 35.8. The van der Waals surface area contributed by atoms with Crippen molar-refractivity contribution in [2.24, 2.45) is 10.8 Å². The molecule has 5 atom stereocenters. The van der Waals surface area contributed by atoms with E-state index in [-0.39, 0.29) is 23.0 Å². The van der Waals surface area contributed by atoms with E-state index in [1.165, 1.54) is 5.57 Å². The van der Waals surface area contributed by atoms with Crippen LogP contribution in [0.25, 0.3) is 0 Å². The smallest absolute Gasteiger partial charge is 0.0982 e. The standard InChI is InChI=1S/C40H56O4/c1-28(17-13-18-30(3)21-22-35-37(5,6)24-32(41)26-39(35,9)43)15-11-12-16-29(2)19-14-20-31(4)34-23-36-38(7,8)25-33(42)27-40(36,10)44-34/h11-21,23,32-34,41-43H,24-27H2,1-10H3/b12-11-,17-13-,19-14+,28-15+,29-16+,30-18+,31-20-. The Morgan fingerprint density at radius 3 is 1.84 bits per heavy atom. The van der Waals surface area contributed by atoms with Gasteiger partial charge in [0.05, 0.1) is 29.5 Å². The van der Waals surface area contributed by atoms with Crippen molar-refractivity contribution in [2.75, 3.05) is 0 Å². The zero-order valence-corrected chi connectivity index (χ0v) is 28.7. The summed E-state index contributed by atoms with van der Waals surface area (Å²) in [5.41, 5.74) is 8.16. The van der Waals surface area contributed by atoms with Gasteiger partial charge in [-0.2, -0.15) is 0 Å². The molecule has 240 valence electrons. The highest BCUT2D eigenvalue weighted by atomic mass is 16.5. The fourth-order valence-electron chi connectivity index (χ4n) is 7.21. The molecule has 4 nitrogen and oxygen atoms in total. The number of aliphatic hydroxyl groups is 3. The average Bonchev–Trinajstić information content (AvgIpc) is 3.22. The predicted octanol–water partition coefficient (Wildman–Crippen LogP) is 8.72. The Balaban J connectivity index is 1.56. The number of allylic oxidation sites excluding steroid dienone is 13. The molecule has 0 aromatic rings. The Morgan fingerprint density at radius 1 is 0.727 bits per heavy atom. The molecule has 3 aliphatic rings. The molecule has 3 N–H and O–H groups in total. The van der Waals surface area contributed by atoms with Crippen LogP contribution < -0.4 is 0 Å². The number of hydrogen-bond acceptors (Lipinski definition) is 4. The van der Waals surface area contributed by atoms with Gasteiger partial charge in [0, 0.05) is 18.4 Å². The van der Waals surface area contributed by atoms with E-state index in [0.29, 0.717) is 19.3 Å². The summed E-state index contributed by atoms with van der Waals surface area (Å²) in [6.07, 6.45) is 26.4. The minimum atomic E-state index is -1.05. The van der Waals surface area contributed by atoms with Gasteiger partial charge >= 0.3 is 0 Å². The molecule has 3 rings (SSSR count). The summed E-state index contributed by atoms with van der Waals surface area (Å²) in [4.78, 5) is 0. The van der Waals surface area contributed by atoms with E-state index in [2.05, 4.69) is 104 Å². The van der Waals surface area contributed by atoms with Crippen LogP contribution in [0.5, 0.6) is 0 Å². The Kier molecular flexibility index (Phi) is 11.5. The normalized spacial score (nSPS) is 33.2. The first-order valence-corrected chi connectivity index (χ1v) is 16.0. The lowest BCUT2D eigenvalue weighted by Crippen LogP contribution is -2.45. The summed E-state index contributed by atoms with van der Waals surface area (Å²) in [5, 5.41) is 31.4. The maximum Gasteiger partial charge on any atom is 0.0982 e. The Hall–Kier alpha value is -2.72. The highest BCUT2D eigenvalue weighted by molar-refractivity contribution is 5.37. The molecule has 2 fully saturated rings. The van der Waals surface area contributed by atoms with Gasteiger partial charge in [-0.3, -0.25) is 0 Å². The Labute approximate surface area is 267 Å². The lowest BCUT2D eigenvalue weighted by molar-refractivity contribution is -0.0683. The SMILES string of the molecule is C/C(=C/C=C/C(C)=C/C=C\C=C(C)\C=C/C=C(\C)C=C=C1C(C)(C)CC(O)CC1(C)O)C1C=C2C(C)(C)CC(O)CC2(C)O1. The van der Waals surface area contributed by atoms with Gasteiger partial charge in [-0.05, 0) is 94.1 Å². The fraction of sp³-hybridized carbons (Fsp3) is 0.525. The molecule has 0 radical (unpaired) electrons. The second kappa shape index (κ2) is 14.1. The third-order valence-electron chi connectivity index (χ3n) is 9.13. The number of fused-ring (bicyclic) bond motifs is 1. The van der Waals surface area contributed by atoms with Crippen LogP contribution in [-0.4, -0.2) is 44.8 Å².